The van der Waals surface area contributed by atoms with Gasteiger partial charge >= 0.3 is 0 Å². The molecule has 0 saturated heterocycles. The van der Waals surface area contributed by atoms with E-state index in [1.807, 2.05) is 24.3 Å². The van der Waals surface area contributed by atoms with Crippen molar-refractivity contribution >= 4 is 10.9 Å². The van der Waals surface area contributed by atoms with Crippen LogP contribution in [0.5, 0.6) is 0 Å². The predicted octanol–water partition coefficient (Wildman–Crippen LogP) is 4.91. The fourth-order valence-corrected chi connectivity index (χ4v) is 3.07. The van der Waals surface area contributed by atoms with Gasteiger partial charge in [-0.3, -0.25) is 0 Å². The Morgan fingerprint density at radius 2 is 2.08 bits per heavy atom. The Morgan fingerprint density at radius 3 is 3.08 bits per heavy atom. The lowest BCUT2D eigenvalue weighted by molar-refractivity contribution is 0.0371. The Morgan fingerprint density at radius 1 is 1.12 bits per heavy atom. The van der Waals surface area contributed by atoms with E-state index in [4.69, 9.17) is 14.2 Å². The highest BCUT2D eigenvalue weighted by atomic mass is 16.5. The highest BCUT2D eigenvalue weighted by Gasteiger charge is 2.15. The van der Waals surface area contributed by atoms with Crippen molar-refractivity contribution in [2.24, 2.45) is 0 Å². The van der Waals surface area contributed by atoms with E-state index < -0.39 is 0 Å². The van der Waals surface area contributed by atoms with Crippen LogP contribution in [0.4, 0.5) is 0 Å². The van der Waals surface area contributed by atoms with Crippen LogP contribution in [0.25, 0.3) is 22.3 Å². The molecule has 4 nitrogen and oxygen atoms in total. The van der Waals surface area contributed by atoms with Crippen LogP contribution in [0.1, 0.15) is 31.2 Å². The third-order valence-corrected chi connectivity index (χ3v) is 4.42. The number of hydrogen-bond donors (Lipinski definition) is 0. The van der Waals surface area contributed by atoms with Crippen LogP contribution < -0.4 is 0 Å². The number of pyridine rings is 1. The standard InChI is InChI=1S/C20H20N2O2/c1-2-4-9-17(8-3-1)23-13-16-14-24-22-20(16)19-12-11-15-7-5-6-10-18(15)21-19/h1,3,5-7,10-12,14,17H,2,4,8-9,13H2. The average Bonchev–Trinajstić information content (AvgIpc) is 2.94. The van der Waals surface area contributed by atoms with Gasteiger partial charge in [0.2, 0.25) is 0 Å². The molecule has 2 aromatic heterocycles. The molecule has 0 N–H and O–H groups in total. The molecule has 1 aliphatic rings. The van der Waals surface area contributed by atoms with E-state index >= 15 is 0 Å². The minimum absolute atomic E-state index is 0.274. The quantitative estimate of drug-likeness (QED) is 0.641. The van der Waals surface area contributed by atoms with Crippen molar-refractivity contribution in [1.82, 2.24) is 10.1 Å². The topological polar surface area (TPSA) is 48.2 Å². The lowest BCUT2D eigenvalue weighted by atomic mass is 10.1. The monoisotopic (exact) mass is 320 g/mol. The Bertz CT molecular complexity index is 853. The van der Waals surface area contributed by atoms with Crippen LogP contribution in [0.2, 0.25) is 0 Å². The fraction of sp³-hybridized carbons (Fsp3) is 0.300. The molecule has 0 saturated carbocycles. The van der Waals surface area contributed by atoms with Crippen LogP contribution in [-0.2, 0) is 11.3 Å². The molecule has 1 aromatic carbocycles. The summed E-state index contributed by atoms with van der Waals surface area (Å²) in [4.78, 5) is 4.70. The molecule has 0 fully saturated rings. The summed E-state index contributed by atoms with van der Waals surface area (Å²) >= 11 is 0. The van der Waals surface area contributed by atoms with E-state index in [2.05, 4.69) is 29.4 Å². The number of ether oxygens (including phenoxy) is 1. The molecule has 4 heteroatoms. The molecular formula is C20H20N2O2. The van der Waals surface area contributed by atoms with Gasteiger partial charge in [-0.1, -0.05) is 41.6 Å². The number of benzene rings is 1. The first kappa shape index (κ1) is 15.1. The summed E-state index contributed by atoms with van der Waals surface area (Å²) in [6, 6.07) is 12.1. The van der Waals surface area contributed by atoms with Gasteiger partial charge in [-0.2, -0.15) is 0 Å². The molecule has 122 valence electrons. The maximum absolute atomic E-state index is 6.08. The fourth-order valence-electron chi connectivity index (χ4n) is 3.07. The van der Waals surface area contributed by atoms with Gasteiger partial charge in [0, 0.05) is 10.9 Å². The maximum Gasteiger partial charge on any atom is 0.137 e. The van der Waals surface area contributed by atoms with Gasteiger partial charge in [0.15, 0.2) is 0 Å². The van der Waals surface area contributed by atoms with E-state index in [-0.39, 0.29) is 6.10 Å². The first-order valence-corrected chi connectivity index (χ1v) is 8.46. The van der Waals surface area contributed by atoms with Crippen LogP contribution in [0, 0.1) is 0 Å². The number of hydrogen-bond acceptors (Lipinski definition) is 4. The molecule has 0 radical (unpaired) electrons. The van der Waals surface area contributed by atoms with Gasteiger partial charge in [-0.15, -0.1) is 0 Å². The van der Waals surface area contributed by atoms with Crippen LogP contribution >= 0.6 is 0 Å². The van der Waals surface area contributed by atoms with Gasteiger partial charge in [0.25, 0.3) is 0 Å². The molecule has 0 bridgehead atoms. The van der Waals surface area contributed by atoms with Crippen molar-refractivity contribution in [1.29, 1.82) is 0 Å². The lowest BCUT2D eigenvalue weighted by Gasteiger charge is -2.14. The van der Waals surface area contributed by atoms with Crippen molar-refractivity contribution in [3.05, 3.63) is 60.4 Å². The third-order valence-electron chi connectivity index (χ3n) is 4.42. The molecule has 1 unspecified atom stereocenters. The number of fused-ring (bicyclic) bond motifs is 1. The molecule has 1 aliphatic carbocycles. The Balaban J connectivity index is 1.53. The van der Waals surface area contributed by atoms with Crippen molar-refractivity contribution in [2.45, 2.75) is 38.4 Å². The summed E-state index contributed by atoms with van der Waals surface area (Å²) in [5.74, 6) is 0. The third kappa shape index (κ3) is 3.24. The van der Waals surface area contributed by atoms with Crippen LogP contribution in [0.3, 0.4) is 0 Å². The maximum atomic E-state index is 6.08. The second-order valence-electron chi connectivity index (χ2n) is 6.15. The Hall–Kier alpha value is -2.46. The summed E-state index contributed by atoms with van der Waals surface area (Å²) in [5.41, 5.74) is 3.50. The zero-order valence-electron chi connectivity index (χ0n) is 13.5. The number of nitrogens with zero attached hydrogens (tertiary/aromatic N) is 2. The van der Waals surface area contributed by atoms with Crippen LogP contribution in [0.15, 0.2) is 59.3 Å². The first-order chi connectivity index (χ1) is 11.9. The van der Waals surface area contributed by atoms with E-state index in [9.17, 15) is 0 Å². The number of aromatic nitrogens is 2. The van der Waals surface area contributed by atoms with Crippen molar-refractivity contribution in [2.75, 3.05) is 0 Å². The number of rotatable bonds is 4. The Kier molecular flexibility index (Phi) is 4.38. The van der Waals surface area contributed by atoms with Gasteiger partial charge in [0.1, 0.15) is 12.0 Å². The van der Waals surface area contributed by atoms with E-state index in [0.717, 1.165) is 47.1 Å². The smallest absolute Gasteiger partial charge is 0.137 e. The number of allylic oxidation sites excluding steroid dienone is 1. The second-order valence-corrected chi connectivity index (χ2v) is 6.15. The zero-order chi connectivity index (χ0) is 16.2. The molecule has 1 atom stereocenters. The van der Waals surface area contributed by atoms with Crippen molar-refractivity contribution in [3.63, 3.8) is 0 Å². The van der Waals surface area contributed by atoms with Gasteiger partial charge in [0.05, 0.1) is 23.9 Å². The average molecular weight is 320 g/mol. The van der Waals surface area contributed by atoms with Crippen molar-refractivity contribution in [3.8, 4) is 11.4 Å². The highest BCUT2D eigenvalue weighted by Crippen LogP contribution is 2.25. The summed E-state index contributed by atoms with van der Waals surface area (Å²) in [6.07, 6.45) is 10.8. The van der Waals surface area contributed by atoms with E-state index in [1.54, 1.807) is 6.26 Å². The van der Waals surface area contributed by atoms with E-state index in [1.165, 1.54) is 6.42 Å². The molecule has 2 heterocycles. The molecule has 0 spiro atoms. The molecular weight excluding hydrogens is 300 g/mol. The first-order valence-electron chi connectivity index (χ1n) is 8.46. The Labute approximate surface area is 141 Å². The largest absolute Gasteiger partial charge is 0.373 e. The van der Waals surface area contributed by atoms with E-state index in [0.29, 0.717) is 6.61 Å². The van der Waals surface area contributed by atoms with Gasteiger partial charge in [-0.05, 0) is 37.8 Å². The van der Waals surface area contributed by atoms with Crippen molar-refractivity contribution < 1.29 is 9.26 Å². The van der Waals surface area contributed by atoms with Gasteiger partial charge < -0.3 is 9.26 Å². The molecule has 0 amide bonds. The molecule has 3 aromatic rings. The minimum Gasteiger partial charge on any atom is -0.373 e. The summed E-state index contributed by atoms with van der Waals surface area (Å²) < 4.78 is 11.3. The van der Waals surface area contributed by atoms with Crippen LogP contribution in [-0.4, -0.2) is 16.2 Å². The number of para-hydroxylation sites is 1. The zero-order valence-corrected chi connectivity index (χ0v) is 13.5. The summed E-state index contributed by atoms with van der Waals surface area (Å²) in [7, 11) is 0. The summed E-state index contributed by atoms with van der Waals surface area (Å²) in [5, 5.41) is 5.26. The summed E-state index contributed by atoms with van der Waals surface area (Å²) in [6.45, 7) is 0.506. The normalized spacial score (nSPS) is 17.9. The molecule has 0 aliphatic heterocycles. The van der Waals surface area contributed by atoms with Gasteiger partial charge in [-0.25, -0.2) is 4.98 Å². The minimum atomic E-state index is 0.274. The lowest BCUT2D eigenvalue weighted by Crippen LogP contribution is -2.11. The molecule has 4 rings (SSSR count). The SMILES string of the molecule is C1=CCC(OCc2conc2-c2ccc3ccccc3n2)CCC1. The highest BCUT2D eigenvalue weighted by molar-refractivity contribution is 5.81. The second kappa shape index (κ2) is 6.97. The molecule has 24 heavy (non-hydrogen) atoms. The predicted molar refractivity (Wildman–Crippen MR) is 93.4 cm³/mol.